The van der Waals surface area contributed by atoms with Crippen molar-refractivity contribution in [3.05, 3.63) is 24.3 Å². The molecular formula is C21H34O4. The third-order valence-electron chi connectivity index (χ3n) is 5.07. The number of allylic oxidation sites excluding steroid dienone is 3. The summed E-state index contributed by atoms with van der Waals surface area (Å²) < 4.78 is 0. The first-order valence-corrected chi connectivity index (χ1v) is 9.71. The molecule has 0 aromatic rings. The first kappa shape index (κ1) is 21.6. The number of Topliss-reactive ketones (excluding diaryl/α,β-unsaturated/α-hetero) is 1. The van der Waals surface area contributed by atoms with Gasteiger partial charge < -0.3 is 10.2 Å². The fourth-order valence-corrected chi connectivity index (χ4v) is 3.52. The first-order chi connectivity index (χ1) is 12.0. The van der Waals surface area contributed by atoms with E-state index < -0.39 is 12.1 Å². The molecule has 142 valence electrons. The Bertz CT molecular complexity index is 467. The van der Waals surface area contributed by atoms with E-state index in [1.54, 1.807) is 6.08 Å². The molecule has 0 aromatic heterocycles. The summed E-state index contributed by atoms with van der Waals surface area (Å²) in [5.41, 5.74) is 0. The van der Waals surface area contributed by atoms with E-state index in [-0.39, 0.29) is 24.0 Å². The largest absolute Gasteiger partial charge is 0.481 e. The van der Waals surface area contributed by atoms with E-state index in [4.69, 9.17) is 5.11 Å². The van der Waals surface area contributed by atoms with Gasteiger partial charge in [0.2, 0.25) is 0 Å². The lowest BCUT2D eigenvalue weighted by Gasteiger charge is -2.18. The molecule has 2 N–H and O–H groups in total. The van der Waals surface area contributed by atoms with Crippen LogP contribution in [-0.4, -0.2) is 28.1 Å². The highest BCUT2D eigenvalue weighted by molar-refractivity contribution is 5.85. The second-order valence-electron chi connectivity index (χ2n) is 7.28. The summed E-state index contributed by atoms with van der Waals surface area (Å²) in [6.45, 7) is 4.26. The second-order valence-corrected chi connectivity index (χ2v) is 7.28. The fourth-order valence-electron chi connectivity index (χ4n) is 3.52. The molecule has 1 saturated carbocycles. The Balaban J connectivity index is 2.48. The summed E-state index contributed by atoms with van der Waals surface area (Å²) in [4.78, 5) is 22.7. The fraction of sp³-hybridized carbons (Fsp3) is 0.714. The molecule has 0 radical (unpaired) electrons. The zero-order valence-electron chi connectivity index (χ0n) is 15.7. The maximum Gasteiger partial charge on any atom is 0.303 e. The predicted molar refractivity (Wildman–Crippen MR) is 100 cm³/mol. The van der Waals surface area contributed by atoms with Crippen LogP contribution in [0.15, 0.2) is 24.3 Å². The van der Waals surface area contributed by atoms with Gasteiger partial charge >= 0.3 is 5.97 Å². The van der Waals surface area contributed by atoms with Crippen LogP contribution in [0.5, 0.6) is 0 Å². The monoisotopic (exact) mass is 350 g/mol. The number of aliphatic hydroxyl groups excluding tert-OH is 1. The molecule has 0 heterocycles. The number of hydrogen-bond donors (Lipinski definition) is 2. The molecule has 4 heteroatoms. The van der Waals surface area contributed by atoms with Gasteiger partial charge in [-0.05, 0) is 37.5 Å². The van der Waals surface area contributed by atoms with Crippen molar-refractivity contribution in [3.63, 3.8) is 0 Å². The van der Waals surface area contributed by atoms with Gasteiger partial charge in [-0.2, -0.15) is 0 Å². The van der Waals surface area contributed by atoms with Crippen LogP contribution >= 0.6 is 0 Å². The van der Waals surface area contributed by atoms with Gasteiger partial charge in [0.25, 0.3) is 0 Å². The lowest BCUT2D eigenvalue weighted by Crippen LogP contribution is -2.15. The lowest BCUT2D eigenvalue weighted by atomic mass is 9.86. The number of aliphatic carboxylic acids is 1. The van der Waals surface area contributed by atoms with Gasteiger partial charge in [0.05, 0.1) is 6.10 Å². The van der Waals surface area contributed by atoms with Crippen LogP contribution in [0.4, 0.5) is 0 Å². The molecule has 0 bridgehead atoms. The minimum absolute atomic E-state index is 0.0977. The van der Waals surface area contributed by atoms with Crippen molar-refractivity contribution in [2.45, 2.75) is 77.7 Å². The molecule has 1 aliphatic carbocycles. The van der Waals surface area contributed by atoms with Crippen molar-refractivity contribution in [1.82, 2.24) is 0 Å². The van der Waals surface area contributed by atoms with Gasteiger partial charge in [0.1, 0.15) is 5.78 Å². The Kier molecular flexibility index (Phi) is 10.4. The van der Waals surface area contributed by atoms with Crippen molar-refractivity contribution in [2.24, 2.45) is 17.8 Å². The molecule has 0 aliphatic heterocycles. The zero-order chi connectivity index (χ0) is 18.7. The number of carboxylic acids is 1. The van der Waals surface area contributed by atoms with E-state index in [0.717, 1.165) is 38.5 Å². The number of carbonyl (C=O) groups is 2. The molecule has 0 spiro atoms. The van der Waals surface area contributed by atoms with Crippen molar-refractivity contribution in [1.29, 1.82) is 0 Å². The smallest absolute Gasteiger partial charge is 0.303 e. The van der Waals surface area contributed by atoms with Crippen molar-refractivity contribution >= 4 is 11.8 Å². The van der Waals surface area contributed by atoms with E-state index >= 15 is 0 Å². The molecule has 0 amide bonds. The number of carbonyl (C=O) groups excluding carboxylic acids is 1. The molecule has 1 aliphatic rings. The maximum absolute atomic E-state index is 12.3. The molecule has 4 atom stereocenters. The summed E-state index contributed by atoms with van der Waals surface area (Å²) in [6.07, 6.45) is 14.5. The Morgan fingerprint density at radius 2 is 2.04 bits per heavy atom. The summed E-state index contributed by atoms with van der Waals surface area (Å²) >= 11 is 0. The molecule has 1 unspecified atom stereocenters. The molecule has 25 heavy (non-hydrogen) atoms. The molecule has 1 rings (SSSR count). The number of unbranched alkanes of at least 4 members (excludes halogenated alkanes) is 3. The molecule has 1 fully saturated rings. The van der Waals surface area contributed by atoms with E-state index in [1.165, 1.54) is 0 Å². The van der Waals surface area contributed by atoms with Gasteiger partial charge in [0, 0.05) is 18.8 Å². The number of carboxylic acid groups (broad SMARTS) is 1. The number of hydrogen-bond acceptors (Lipinski definition) is 3. The Morgan fingerprint density at radius 1 is 1.28 bits per heavy atom. The third kappa shape index (κ3) is 8.48. The van der Waals surface area contributed by atoms with Crippen LogP contribution in [0.2, 0.25) is 0 Å². The minimum atomic E-state index is -0.758. The quantitative estimate of drug-likeness (QED) is 0.401. The Hall–Kier alpha value is -1.42. The molecule has 0 aromatic carbocycles. The van der Waals surface area contributed by atoms with Crippen molar-refractivity contribution in [3.8, 4) is 0 Å². The van der Waals surface area contributed by atoms with Crippen LogP contribution < -0.4 is 0 Å². The van der Waals surface area contributed by atoms with E-state index in [9.17, 15) is 14.7 Å². The van der Waals surface area contributed by atoms with E-state index in [2.05, 4.69) is 19.9 Å². The Morgan fingerprint density at radius 3 is 2.72 bits per heavy atom. The standard InChI is InChI=1S/C21H34O4/c1-3-4-7-10-17(22)13-14-19-18(16(2)15-20(19)23)11-8-5-6-9-12-21(24)25/h5,8,13-14,16-19,22H,3-4,6-7,9-12,15H2,1-2H3,(H,24,25)/b8-5-,14-13+/t16-,17-,18-,19?/m0/s1. The molecular weight excluding hydrogens is 316 g/mol. The van der Waals surface area contributed by atoms with Crippen LogP contribution in [0.3, 0.4) is 0 Å². The van der Waals surface area contributed by atoms with Crippen molar-refractivity contribution < 1.29 is 19.8 Å². The topological polar surface area (TPSA) is 74.6 Å². The van der Waals surface area contributed by atoms with Gasteiger partial charge in [-0.3, -0.25) is 9.59 Å². The minimum Gasteiger partial charge on any atom is -0.481 e. The highest BCUT2D eigenvalue weighted by atomic mass is 16.4. The van der Waals surface area contributed by atoms with Gasteiger partial charge in [0.15, 0.2) is 0 Å². The van der Waals surface area contributed by atoms with Crippen LogP contribution in [-0.2, 0) is 9.59 Å². The normalized spacial score (nSPS) is 25.2. The average molecular weight is 350 g/mol. The predicted octanol–water partition coefficient (Wildman–Crippen LogP) is 4.53. The van der Waals surface area contributed by atoms with Crippen LogP contribution in [0.1, 0.15) is 71.6 Å². The van der Waals surface area contributed by atoms with Crippen molar-refractivity contribution in [2.75, 3.05) is 0 Å². The molecule has 4 nitrogen and oxygen atoms in total. The highest BCUT2D eigenvalue weighted by Crippen LogP contribution is 2.37. The summed E-state index contributed by atoms with van der Waals surface area (Å²) in [7, 11) is 0. The van der Waals surface area contributed by atoms with Gasteiger partial charge in [-0.1, -0.05) is 57.4 Å². The van der Waals surface area contributed by atoms with E-state index in [0.29, 0.717) is 18.8 Å². The van der Waals surface area contributed by atoms with E-state index in [1.807, 2.05) is 12.2 Å². The lowest BCUT2D eigenvalue weighted by molar-refractivity contribution is -0.137. The average Bonchev–Trinajstić information content (AvgIpc) is 2.82. The summed E-state index contributed by atoms with van der Waals surface area (Å²) in [5.74, 6) is 0.0461. The zero-order valence-corrected chi connectivity index (χ0v) is 15.7. The number of aliphatic hydroxyl groups is 1. The first-order valence-electron chi connectivity index (χ1n) is 9.71. The SMILES string of the molecule is CCCCC[C@H](O)/C=C/C1C(=O)C[C@H](C)[C@@H]1C/C=C\CCCC(=O)O. The second kappa shape index (κ2) is 12.0. The number of rotatable bonds is 12. The highest BCUT2D eigenvalue weighted by Gasteiger charge is 2.37. The van der Waals surface area contributed by atoms with Gasteiger partial charge in [-0.25, -0.2) is 0 Å². The number of ketones is 1. The summed E-state index contributed by atoms with van der Waals surface area (Å²) in [6, 6.07) is 0. The van der Waals surface area contributed by atoms with Gasteiger partial charge in [-0.15, -0.1) is 0 Å². The van der Waals surface area contributed by atoms with Crippen LogP contribution in [0, 0.1) is 17.8 Å². The molecule has 0 saturated heterocycles. The maximum atomic E-state index is 12.3. The van der Waals surface area contributed by atoms with Crippen LogP contribution in [0.25, 0.3) is 0 Å². The Labute approximate surface area is 152 Å². The third-order valence-corrected chi connectivity index (χ3v) is 5.07. The summed E-state index contributed by atoms with van der Waals surface area (Å²) in [5, 5.41) is 18.7.